The molecule has 0 aliphatic heterocycles. The lowest BCUT2D eigenvalue weighted by molar-refractivity contribution is -0.137. The number of hydrogen-bond acceptors (Lipinski definition) is 1. The van der Waals surface area contributed by atoms with Gasteiger partial charge < -0.3 is 5.11 Å². The van der Waals surface area contributed by atoms with Gasteiger partial charge in [-0.05, 0) is 42.4 Å². The minimum absolute atomic E-state index is 0.364. The Morgan fingerprint density at radius 2 is 1.58 bits per heavy atom. The van der Waals surface area contributed by atoms with Crippen molar-refractivity contribution in [1.29, 1.82) is 0 Å². The number of hydrogen-bond donors (Lipinski definition) is 1. The molecule has 104 valence electrons. The third-order valence-electron chi connectivity index (χ3n) is 4.71. The molecule has 2 fully saturated rings. The maximum Gasteiger partial charge on any atom is 0.416 e. The Bertz CT molecular complexity index is 451. The van der Waals surface area contributed by atoms with Crippen LogP contribution in [0.1, 0.15) is 36.8 Å². The summed E-state index contributed by atoms with van der Waals surface area (Å²) in [6.07, 6.45) is 0.639. The quantitative estimate of drug-likeness (QED) is 0.866. The molecule has 2 aliphatic rings. The van der Waals surface area contributed by atoms with Crippen LogP contribution in [0.25, 0.3) is 0 Å². The lowest BCUT2D eigenvalue weighted by Gasteiger charge is -2.12. The number of aliphatic hydroxyl groups is 1. The smallest absolute Gasteiger partial charge is 0.389 e. The number of fused-ring (bicyclic) bond motifs is 1. The van der Waals surface area contributed by atoms with Crippen molar-refractivity contribution in [2.75, 3.05) is 0 Å². The van der Waals surface area contributed by atoms with Gasteiger partial charge in [-0.25, -0.2) is 0 Å². The van der Waals surface area contributed by atoms with Gasteiger partial charge in [0.05, 0.1) is 11.2 Å². The second-order valence-corrected chi connectivity index (χ2v) is 5.86. The highest BCUT2D eigenvalue weighted by Crippen LogP contribution is 2.59. The van der Waals surface area contributed by atoms with Crippen LogP contribution in [0.15, 0.2) is 24.3 Å². The first-order valence-electron chi connectivity index (χ1n) is 6.80. The second kappa shape index (κ2) is 4.23. The Kier molecular flexibility index (Phi) is 2.89. The molecule has 0 bridgehead atoms. The number of benzene rings is 1. The van der Waals surface area contributed by atoms with E-state index in [9.17, 15) is 18.3 Å². The molecule has 0 saturated heterocycles. The summed E-state index contributed by atoms with van der Waals surface area (Å²) in [6, 6.07) is 5.19. The maximum atomic E-state index is 12.5. The van der Waals surface area contributed by atoms with Crippen molar-refractivity contribution < 1.29 is 18.3 Å². The maximum absolute atomic E-state index is 12.5. The Hall–Kier alpha value is -1.03. The summed E-state index contributed by atoms with van der Waals surface area (Å²) in [7, 11) is 0. The lowest BCUT2D eigenvalue weighted by Crippen LogP contribution is -2.17. The van der Waals surface area contributed by atoms with E-state index >= 15 is 0 Å². The Balaban J connectivity index is 1.71. The molecule has 1 N–H and O–H groups in total. The molecule has 2 unspecified atom stereocenters. The van der Waals surface area contributed by atoms with Gasteiger partial charge in [-0.2, -0.15) is 13.2 Å². The number of alkyl halides is 3. The van der Waals surface area contributed by atoms with Crippen LogP contribution < -0.4 is 0 Å². The predicted octanol–water partition coefficient (Wildman–Crippen LogP) is 3.80. The largest absolute Gasteiger partial charge is 0.416 e. The number of rotatable bonds is 2. The van der Waals surface area contributed by atoms with E-state index in [1.54, 1.807) is 0 Å². The Morgan fingerprint density at radius 1 is 1.05 bits per heavy atom. The monoisotopic (exact) mass is 270 g/mol. The molecule has 2 atom stereocenters. The minimum atomic E-state index is -4.29. The summed E-state index contributed by atoms with van der Waals surface area (Å²) in [6.45, 7) is 0. The van der Waals surface area contributed by atoms with Gasteiger partial charge in [0.1, 0.15) is 0 Å². The first-order valence-corrected chi connectivity index (χ1v) is 6.80. The van der Waals surface area contributed by atoms with Gasteiger partial charge in [0, 0.05) is 6.42 Å². The van der Waals surface area contributed by atoms with Crippen LogP contribution in [0.2, 0.25) is 0 Å². The summed E-state index contributed by atoms with van der Waals surface area (Å²) in [4.78, 5) is 0. The minimum Gasteiger partial charge on any atom is -0.389 e. The molecule has 0 amide bonds. The standard InChI is InChI=1S/C15H17F3O/c16-15(17,18)11-7-5-10(6-8-11)9-14(19)12-3-1-2-4-13(12)14/h5-8,12-13,19H,1-4,9H2. The predicted molar refractivity (Wildman–Crippen MR) is 65.5 cm³/mol. The lowest BCUT2D eigenvalue weighted by atomic mass is 10.0. The van der Waals surface area contributed by atoms with E-state index < -0.39 is 17.3 Å². The van der Waals surface area contributed by atoms with E-state index in [1.165, 1.54) is 12.1 Å². The Morgan fingerprint density at radius 3 is 2.05 bits per heavy atom. The molecule has 1 aromatic rings. The van der Waals surface area contributed by atoms with Crippen molar-refractivity contribution in [2.24, 2.45) is 11.8 Å². The van der Waals surface area contributed by atoms with Crippen molar-refractivity contribution in [3.05, 3.63) is 35.4 Å². The summed E-state index contributed by atoms with van der Waals surface area (Å²) in [5.41, 5.74) is -0.489. The molecular formula is C15H17F3O. The molecule has 3 rings (SSSR count). The molecule has 2 aliphatic carbocycles. The first-order chi connectivity index (χ1) is 8.91. The van der Waals surface area contributed by atoms with Gasteiger partial charge >= 0.3 is 6.18 Å². The van der Waals surface area contributed by atoms with E-state index in [-0.39, 0.29) is 0 Å². The fraction of sp³-hybridized carbons (Fsp3) is 0.600. The van der Waals surface area contributed by atoms with Crippen LogP contribution in [0, 0.1) is 11.8 Å². The van der Waals surface area contributed by atoms with Gasteiger partial charge in [-0.3, -0.25) is 0 Å². The van der Waals surface area contributed by atoms with Crippen molar-refractivity contribution in [1.82, 2.24) is 0 Å². The molecule has 1 nitrogen and oxygen atoms in total. The summed E-state index contributed by atoms with van der Waals surface area (Å²) < 4.78 is 37.4. The van der Waals surface area contributed by atoms with Crippen LogP contribution in [-0.4, -0.2) is 10.7 Å². The third-order valence-corrected chi connectivity index (χ3v) is 4.71. The topological polar surface area (TPSA) is 20.2 Å². The van der Waals surface area contributed by atoms with Gasteiger partial charge in [0.25, 0.3) is 0 Å². The van der Waals surface area contributed by atoms with E-state index in [1.807, 2.05) is 0 Å². The second-order valence-electron chi connectivity index (χ2n) is 5.86. The zero-order valence-electron chi connectivity index (χ0n) is 10.6. The highest BCUT2D eigenvalue weighted by atomic mass is 19.4. The molecule has 0 radical (unpaired) electrons. The highest BCUT2D eigenvalue weighted by molar-refractivity contribution is 5.28. The molecule has 1 aromatic carbocycles. The van der Waals surface area contributed by atoms with E-state index in [4.69, 9.17) is 0 Å². The molecular weight excluding hydrogens is 253 g/mol. The third kappa shape index (κ3) is 2.27. The van der Waals surface area contributed by atoms with Crippen LogP contribution in [-0.2, 0) is 12.6 Å². The van der Waals surface area contributed by atoms with E-state index in [0.717, 1.165) is 43.4 Å². The van der Waals surface area contributed by atoms with Crippen LogP contribution in [0.4, 0.5) is 13.2 Å². The zero-order valence-corrected chi connectivity index (χ0v) is 10.6. The van der Waals surface area contributed by atoms with Gasteiger partial charge in [-0.15, -0.1) is 0 Å². The summed E-state index contributed by atoms with van der Waals surface area (Å²) in [5, 5.41) is 10.5. The zero-order chi connectivity index (χ0) is 13.7. The van der Waals surface area contributed by atoms with Gasteiger partial charge in [-0.1, -0.05) is 25.0 Å². The average Bonchev–Trinajstić information content (AvgIpc) is 2.95. The van der Waals surface area contributed by atoms with E-state index in [2.05, 4.69) is 0 Å². The fourth-order valence-corrected chi connectivity index (χ4v) is 3.62. The van der Waals surface area contributed by atoms with Crippen LogP contribution >= 0.6 is 0 Å². The first kappa shape index (κ1) is 13.0. The Labute approximate surface area is 110 Å². The van der Waals surface area contributed by atoms with Crippen molar-refractivity contribution >= 4 is 0 Å². The SMILES string of the molecule is OC1(Cc2ccc(C(F)(F)F)cc2)C2CCCCC21. The van der Waals surface area contributed by atoms with Gasteiger partial charge in [0.15, 0.2) is 0 Å². The molecule has 0 heterocycles. The summed E-state index contributed by atoms with van der Waals surface area (Å²) >= 11 is 0. The van der Waals surface area contributed by atoms with Crippen molar-refractivity contribution in [3.63, 3.8) is 0 Å². The molecule has 0 spiro atoms. The van der Waals surface area contributed by atoms with Crippen molar-refractivity contribution in [2.45, 2.75) is 43.9 Å². The van der Waals surface area contributed by atoms with Crippen molar-refractivity contribution in [3.8, 4) is 0 Å². The highest BCUT2D eigenvalue weighted by Gasteiger charge is 2.63. The number of halogens is 3. The molecule has 19 heavy (non-hydrogen) atoms. The van der Waals surface area contributed by atoms with Gasteiger partial charge in [0.2, 0.25) is 0 Å². The molecule has 4 heteroatoms. The van der Waals surface area contributed by atoms with Crippen LogP contribution in [0.3, 0.4) is 0 Å². The van der Waals surface area contributed by atoms with E-state index in [0.29, 0.717) is 18.3 Å². The molecule has 0 aromatic heterocycles. The van der Waals surface area contributed by atoms with Crippen LogP contribution in [0.5, 0.6) is 0 Å². The molecule has 2 saturated carbocycles. The average molecular weight is 270 g/mol. The summed E-state index contributed by atoms with van der Waals surface area (Å²) in [5.74, 6) is 0.729. The fourth-order valence-electron chi connectivity index (χ4n) is 3.62. The normalized spacial score (nSPS) is 33.9.